The first-order valence-electron chi connectivity index (χ1n) is 6.72. The number of carbonyl (C=O) groups is 1. The summed E-state index contributed by atoms with van der Waals surface area (Å²) in [5.41, 5.74) is 7.31. The molecule has 23 heavy (non-hydrogen) atoms. The number of hydrogen-bond acceptors (Lipinski definition) is 6. The van der Waals surface area contributed by atoms with Gasteiger partial charge in [0, 0.05) is 0 Å². The Hall–Kier alpha value is -2.67. The van der Waals surface area contributed by atoms with E-state index in [2.05, 4.69) is 4.98 Å². The van der Waals surface area contributed by atoms with Crippen molar-refractivity contribution in [1.82, 2.24) is 4.98 Å². The van der Waals surface area contributed by atoms with Crippen LogP contribution in [0, 0.1) is 5.82 Å². The van der Waals surface area contributed by atoms with Gasteiger partial charge in [-0.15, -0.1) is 0 Å². The topological polar surface area (TPSA) is 74.4 Å². The maximum atomic E-state index is 13.2. The Morgan fingerprint density at radius 3 is 2.91 bits per heavy atom. The first kappa shape index (κ1) is 15.2. The Kier molecular flexibility index (Phi) is 4.12. The van der Waals surface area contributed by atoms with Gasteiger partial charge in [-0.1, -0.05) is 23.5 Å². The average molecular weight is 332 g/mol. The van der Waals surface area contributed by atoms with Gasteiger partial charge in [0.25, 0.3) is 0 Å². The van der Waals surface area contributed by atoms with Crippen LogP contribution in [0.3, 0.4) is 0 Å². The minimum absolute atomic E-state index is 0.148. The molecule has 1 heterocycles. The number of methoxy groups -OCH3 is 1. The zero-order chi connectivity index (χ0) is 16.4. The van der Waals surface area contributed by atoms with Crippen LogP contribution in [0.5, 0.6) is 5.75 Å². The van der Waals surface area contributed by atoms with Crippen LogP contribution in [0.1, 0.15) is 15.9 Å². The van der Waals surface area contributed by atoms with E-state index in [1.165, 1.54) is 30.6 Å². The number of nitrogen functional groups attached to an aromatic ring is 1. The number of thiazole rings is 1. The van der Waals surface area contributed by atoms with Crippen LogP contribution < -0.4 is 10.5 Å². The second-order valence-corrected chi connectivity index (χ2v) is 5.85. The number of aromatic nitrogens is 1. The van der Waals surface area contributed by atoms with E-state index in [0.717, 1.165) is 4.70 Å². The van der Waals surface area contributed by atoms with Crippen LogP contribution in [-0.2, 0) is 11.3 Å². The summed E-state index contributed by atoms with van der Waals surface area (Å²) in [5, 5.41) is 0.373. The first-order valence-corrected chi connectivity index (χ1v) is 7.54. The molecule has 0 spiro atoms. The molecular weight excluding hydrogens is 319 g/mol. The zero-order valence-electron chi connectivity index (χ0n) is 12.2. The lowest BCUT2D eigenvalue weighted by atomic mass is 10.2. The molecule has 3 rings (SSSR count). The molecule has 2 aromatic carbocycles. The van der Waals surface area contributed by atoms with Gasteiger partial charge < -0.3 is 15.2 Å². The molecule has 3 aromatic rings. The van der Waals surface area contributed by atoms with Crippen LogP contribution in [0.4, 0.5) is 9.52 Å². The van der Waals surface area contributed by atoms with Crippen molar-refractivity contribution in [1.29, 1.82) is 0 Å². The standard InChI is InChI=1S/C16H13FN2O3S/c1-21-15(20)10-6-12(14-13(7-10)23-16(18)19-14)22-8-9-3-2-4-11(17)5-9/h2-7H,8H2,1H3,(H2,18,19). The number of nitrogens with zero attached hydrogens (tertiary/aromatic N) is 1. The molecule has 0 atom stereocenters. The highest BCUT2D eigenvalue weighted by molar-refractivity contribution is 7.22. The molecule has 5 nitrogen and oxygen atoms in total. The normalized spacial score (nSPS) is 10.7. The van der Waals surface area contributed by atoms with E-state index in [1.54, 1.807) is 24.3 Å². The van der Waals surface area contributed by atoms with Crippen molar-refractivity contribution in [2.45, 2.75) is 6.61 Å². The molecule has 0 fully saturated rings. The molecule has 7 heteroatoms. The summed E-state index contributed by atoms with van der Waals surface area (Å²) >= 11 is 1.25. The Balaban J connectivity index is 1.96. The minimum Gasteiger partial charge on any atom is -0.487 e. The second kappa shape index (κ2) is 6.21. The van der Waals surface area contributed by atoms with Crippen molar-refractivity contribution < 1.29 is 18.7 Å². The molecule has 0 amide bonds. The summed E-state index contributed by atoms with van der Waals surface area (Å²) in [7, 11) is 1.31. The molecule has 1 aromatic heterocycles. The van der Waals surface area contributed by atoms with Crippen molar-refractivity contribution in [3.8, 4) is 5.75 Å². The van der Waals surface area contributed by atoms with Gasteiger partial charge in [-0.2, -0.15) is 0 Å². The van der Waals surface area contributed by atoms with E-state index in [4.69, 9.17) is 15.2 Å². The minimum atomic E-state index is -0.477. The summed E-state index contributed by atoms with van der Waals surface area (Å²) in [4.78, 5) is 16.0. The number of ether oxygens (including phenoxy) is 2. The molecule has 118 valence electrons. The summed E-state index contributed by atoms with van der Waals surface area (Å²) < 4.78 is 24.4. The Morgan fingerprint density at radius 2 is 2.17 bits per heavy atom. The van der Waals surface area contributed by atoms with E-state index in [1.807, 2.05) is 0 Å². The molecule has 0 saturated carbocycles. The Morgan fingerprint density at radius 1 is 1.35 bits per heavy atom. The molecule has 0 aliphatic carbocycles. The molecule has 2 N–H and O–H groups in total. The quantitative estimate of drug-likeness (QED) is 0.741. The second-order valence-electron chi connectivity index (χ2n) is 4.78. The lowest BCUT2D eigenvalue weighted by Crippen LogP contribution is -2.03. The van der Waals surface area contributed by atoms with Gasteiger partial charge in [0.05, 0.1) is 17.4 Å². The summed E-state index contributed by atoms with van der Waals surface area (Å²) in [6.07, 6.45) is 0. The fourth-order valence-corrected chi connectivity index (χ4v) is 2.94. The number of nitrogens with two attached hydrogens (primary N) is 1. The summed E-state index contributed by atoms with van der Waals surface area (Å²) in [6, 6.07) is 9.31. The van der Waals surface area contributed by atoms with E-state index in [0.29, 0.717) is 27.5 Å². The maximum Gasteiger partial charge on any atom is 0.338 e. The van der Waals surface area contributed by atoms with Gasteiger partial charge in [-0.3, -0.25) is 0 Å². The maximum absolute atomic E-state index is 13.2. The number of halogens is 1. The lowest BCUT2D eigenvalue weighted by molar-refractivity contribution is 0.0600. The molecule has 0 saturated heterocycles. The predicted molar refractivity (Wildman–Crippen MR) is 86.1 cm³/mol. The molecule has 0 aliphatic rings. The van der Waals surface area contributed by atoms with E-state index in [9.17, 15) is 9.18 Å². The van der Waals surface area contributed by atoms with Gasteiger partial charge >= 0.3 is 5.97 Å². The zero-order valence-corrected chi connectivity index (χ0v) is 13.0. The van der Waals surface area contributed by atoms with E-state index in [-0.39, 0.29) is 12.4 Å². The van der Waals surface area contributed by atoms with Crippen LogP contribution >= 0.6 is 11.3 Å². The van der Waals surface area contributed by atoms with Crippen LogP contribution in [0.2, 0.25) is 0 Å². The highest BCUT2D eigenvalue weighted by atomic mass is 32.1. The van der Waals surface area contributed by atoms with E-state index < -0.39 is 5.97 Å². The third-order valence-corrected chi connectivity index (χ3v) is 4.01. The summed E-state index contributed by atoms with van der Waals surface area (Å²) in [6.45, 7) is 0.148. The Bertz CT molecular complexity index is 879. The largest absolute Gasteiger partial charge is 0.487 e. The van der Waals surface area contributed by atoms with Crippen LogP contribution in [0.15, 0.2) is 36.4 Å². The van der Waals surface area contributed by atoms with Crippen molar-refractivity contribution >= 4 is 32.7 Å². The van der Waals surface area contributed by atoms with Gasteiger partial charge in [0.1, 0.15) is 23.7 Å². The number of fused-ring (bicyclic) bond motifs is 1. The number of benzene rings is 2. The fourth-order valence-electron chi connectivity index (χ4n) is 2.15. The van der Waals surface area contributed by atoms with Crippen molar-refractivity contribution in [2.24, 2.45) is 0 Å². The van der Waals surface area contributed by atoms with Gasteiger partial charge in [0.15, 0.2) is 5.13 Å². The number of anilines is 1. The number of carbonyl (C=O) groups excluding carboxylic acids is 1. The monoisotopic (exact) mass is 332 g/mol. The highest BCUT2D eigenvalue weighted by Gasteiger charge is 2.15. The number of hydrogen-bond donors (Lipinski definition) is 1. The Labute approximate surface area is 135 Å². The van der Waals surface area contributed by atoms with Gasteiger partial charge in [-0.25, -0.2) is 14.2 Å². The van der Waals surface area contributed by atoms with Crippen molar-refractivity contribution in [3.05, 3.63) is 53.3 Å². The number of rotatable bonds is 4. The average Bonchev–Trinajstić information content (AvgIpc) is 2.92. The third-order valence-electron chi connectivity index (χ3n) is 3.18. The van der Waals surface area contributed by atoms with Crippen LogP contribution in [0.25, 0.3) is 10.2 Å². The van der Waals surface area contributed by atoms with Gasteiger partial charge in [0.2, 0.25) is 0 Å². The summed E-state index contributed by atoms with van der Waals surface area (Å²) in [5.74, 6) is -0.410. The third kappa shape index (κ3) is 3.24. The SMILES string of the molecule is COC(=O)c1cc(OCc2cccc(F)c2)c2nc(N)sc2c1. The molecular formula is C16H13FN2O3S. The fraction of sp³-hybridized carbons (Fsp3) is 0.125. The molecule has 0 radical (unpaired) electrons. The molecule has 0 aliphatic heterocycles. The molecule has 0 unspecified atom stereocenters. The van der Waals surface area contributed by atoms with Crippen molar-refractivity contribution in [2.75, 3.05) is 12.8 Å². The van der Waals surface area contributed by atoms with Crippen LogP contribution in [-0.4, -0.2) is 18.1 Å². The smallest absolute Gasteiger partial charge is 0.338 e. The lowest BCUT2D eigenvalue weighted by Gasteiger charge is -2.09. The van der Waals surface area contributed by atoms with Gasteiger partial charge in [-0.05, 0) is 29.8 Å². The highest BCUT2D eigenvalue weighted by Crippen LogP contribution is 2.33. The van der Waals surface area contributed by atoms with E-state index >= 15 is 0 Å². The van der Waals surface area contributed by atoms with Crippen molar-refractivity contribution in [3.63, 3.8) is 0 Å². The first-order chi connectivity index (χ1) is 11.1. The molecule has 0 bridgehead atoms. The number of esters is 1. The predicted octanol–water partition coefficient (Wildman–Crippen LogP) is 3.38.